The highest BCUT2D eigenvalue weighted by Gasteiger charge is 2.36. The Morgan fingerprint density at radius 2 is 0.944 bits per heavy atom. The summed E-state index contributed by atoms with van der Waals surface area (Å²) in [6.45, 7) is 8.90. The van der Waals surface area contributed by atoms with E-state index in [0.29, 0.717) is 149 Å². The number of hydrogen-bond acceptors (Lipinski definition) is 19. The molecule has 0 aliphatic carbocycles. The number of nitro groups is 2. The Kier molecular flexibility index (Phi) is 27.7. The van der Waals surface area contributed by atoms with E-state index in [4.69, 9.17) is 9.15 Å². The van der Waals surface area contributed by atoms with Gasteiger partial charge in [0.1, 0.15) is 28.6 Å². The molecular formula is C78H91F2N13O13S. The number of rotatable bonds is 19. The van der Waals surface area contributed by atoms with Crippen molar-refractivity contribution >= 4 is 96.2 Å². The van der Waals surface area contributed by atoms with Gasteiger partial charge in [-0.15, -0.1) is 11.3 Å². The number of nitrogens with zero attached hydrogens (tertiary/aromatic N) is 13. The molecule has 0 saturated carbocycles. The molecule has 3 saturated heterocycles. The van der Waals surface area contributed by atoms with Crippen LogP contribution in [0.1, 0.15) is 82.1 Å². The van der Waals surface area contributed by atoms with Gasteiger partial charge in [-0.1, -0.05) is 95.1 Å². The number of thiophene rings is 1. The van der Waals surface area contributed by atoms with Crippen LogP contribution in [0.3, 0.4) is 0 Å². The van der Waals surface area contributed by atoms with Gasteiger partial charge in [-0.2, -0.15) is 0 Å². The highest BCUT2D eigenvalue weighted by Crippen LogP contribution is 2.37. The molecule has 3 fully saturated rings. The van der Waals surface area contributed by atoms with E-state index in [2.05, 4.69) is 0 Å². The molecule has 5 aromatic heterocycles. The summed E-state index contributed by atoms with van der Waals surface area (Å²) in [5.74, 6) is -1.64. The van der Waals surface area contributed by atoms with Crippen molar-refractivity contribution in [3.05, 3.63) is 247 Å². The molecule has 0 atom stereocenters. The molecule has 10 aromatic rings. The third-order valence-electron chi connectivity index (χ3n) is 18.5. The van der Waals surface area contributed by atoms with Crippen LogP contribution in [0.15, 0.2) is 176 Å². The Balaban J connectivity index is 0.000000200. The van der Waals surface area contributed by atoms with Crippen LogP contribution in [0.25, 0.3) is 32.7 Å². The maximum absolute atomic E-state index is 13.7. The van der Waals surface area contributed by atoms with Gasteiger partial charge in [0.25, 0.3) is 23.3 Å². The molecule has 566 valence electrons. The van der Waals surface area contributed by atoms with E-state index in [0.717, 1.165) is 22.3 Å². The van der Waals surface area contributed by atoms with Gasteiger partial charge in [0.2, 0.25) is 0 Å². The van der Waals surface area contributed by atoms with Gasteiger partial charge in [-0.25, -0.2) is 13.6 Å². The molecule has 3 amide bonds. The summed E-state index contributed by atoms with van der Waals surface area (Å²) in [7, 11) is 7.77. The molecule has 13 rings (SSSR count). The van der Waals surface area contributed by atoms with Crippen molar-refractivity contribution in [3.8, 4) is 0 Å². The zero-order chi connectivity index (χ0) is 73.9. The summed E-state index contributed by atoms with van der Waals surface area (Å²) in [5.41, 5.74) is 1.57. The van der Waals surface area contributed by atoms with Crippen molar-refractivity contribution in [2.75, 3.05) is 141 Å². The zero-order valence-electron chi connectivity index (χ0n) is 58.2. The number of furan rings is 1. The van der Waals surface area contributed by atoms with Crippen LogP contribution in [0.4, 0.5) is 37.2 Å². The lowest BCUT2D eigenvalue weighted by atomic mass is 10.1. The van der Waals surface area contributed by atoms with Crippen LogP contribution >= 0.6 is 11.3 Å². The van der Waals surface area contributed by atoms with Gasteiger partial charge in [0, 0.05) is 120 Å². The first-order chi connectivity index (χ1) is 50.1. The fraction of sp³-hybridized carbons (Fsp3) is 0.346. The van der Waals surface area contributed by atoms with Gasteiger partial charge in [-0.05, 0) is 132 Å². The summed E-state index contributed by atoms with van der Waals surface area (Å²) < 4.78 is 41.6. The number of hydrogen-bond donors (Lipinski definition) is 0. The van der Waals surface area contributed by atoms with Gasteiger partial charge in [0.15, 0.2) is 5.76 Å². The number of likely N-dealkylation sites (N-methyl/N-ethyl adjacent to an activating group) is 1. The molecule has 0 bridgehead atoms. The first-order valence-corrected chi connectivity index (χ1v) is 34.9. The molecule has 3 aliphatic rings. The van der Waals surface area contributed by atoms with Crippen LogP contribution in [0.2, 0.25) is 0 Å². The highest BCUT2D eigenvalue weighted by molar-refractivity contribution is 7.12. The number of ether oxygens (including phenoxy) is 1. The van der Waals surface area contributed by atoms with Crippen LogP contribution < -0.4 is 31.4 Å². The fourth-order valence-corrected chi connectivity index (χ4v) is 14.0. The first-order valence-electron chi connectivity index (χ1n) is 34.1. The summed E-state index contributed by atoms with van der Waals surface area (Å²) in [6.07, 6.45) is 2.11. The number of piperazine rings is 3. The minimum atomic E-state index is -0.734. The number of halogens is 2. The van der Waals surface area contributed by atoms with Crippen molar-refractivity contribution in [3.63, 3.8) is 0 Å². The Morgan fingerprint density at radius 3 is 1.40 bits per heavy atom. The number of aromatic nitrogens is 3. The van der Waals surface area contributed by atoms with Crippen LogP contribution in [-0.2, 0) is 24.4 Å². The highest BCUT2D eigenvalue weighted by atomic mass is 32.1. The molecule has 3 aliphatic heterocycles. The number of benzene rings is 5. The second kappa shape index (κ2) is 36.5. The Bertz CT molecular complexity index is 4970. The lowest BCUT2D eigenvalue weighted by Crippen LogP contribution is -2.49. The Hall–Kier alpha value is -11.4. The number of amides is 3. The van der Waals surface area contributed by atoms with Crippen molar-refractivity contribution in [2.45, 2.75) is 55.3 Å². The molecule has 107 heavy (non-hydrogen) atoms. The molecule has 0 unspecified atom stereocenters. The van der Waals surface area contributed by atoms with E-state index in [1.165, 1.54) is 63.1 Å². The van der Waals surface area contributed by atoms with E-state index in [9.17, 15) is 62.6 Å². The predicted molar refractivity (Wildman–Crippen MR) is 415 cm³/mol. The molecule has 5 aromatic carbocycles. The van der Waals surface area contributed by atoms with Crippen molar-refractivity contribution in [1.82, 2.24) is 38.2 Å². The van der Waals surface area contributed by atoms with Crippen LogP contribution in [0.5, 0.6) is 0 Å². The Morgan fingerprint density at radius 1 is 0.505 bits per heavy atom. The number of carbonyl (C=O) groups excluding carboxylic acids is 4. The summed E-state index contributed by atoms with van der Waals surface area (Å²) in [5, 5.41) is 28.2. The first kappa shape index (κ1) is 81.2. The minimum absolute atomic E-state index is 0. The van der Waals surface area contributed by atoms with Gasteiger partial charge < -0.3 is 57.5 Å². The number of aryl methyl sites for hydroxylation is 1. The van der Waals surface area contributed by atoms with Crippen molar-refractivity contribution < 1.29 is 47.0 Å². The summed E-state index contributed by atoms with van der Waals surface area (Å²) in [6, 6.07) is 39.9. The average molecular weight is 1490 g/mol. The van der Waals surface area contributed by atoms with Crippen molar-refractivity contribution in [1.29, 1.82) is 0 Å². The zero-order valence-corrected chi connectivity index (χ0v) is 59.0. The summed E-state index contributed by atoms with van der Waals surface area (Å²) >= 11 is 1.43. The number of anilines is 3. The van der Waals surface area contributed by atoms with E-state index in [-0.39, 0.29) is 75.7 Å². The second-order valence-electron chi connectivity index (χ2n) is 25.6. The van der Waals surface area contributed by atoms with Gasteiger partial charge in [0.05, 0.1) is 56.4 Å². The summed E-state index contributed by atoms with van der Waals surface area (Å²) in [4.78, 5) is 130. The van der Waals surface area contributed by atoms with E-state index < -0.39 is 49.9 Å². The second-order valence-corrected chi connectivity index (χ2v) is 26.5. The lowest BCUT2D eigenvalue weighted by molar-refractivity contribution is -0.385. The number of para-hydroxylation sites is 3. The minimum Gasteiger partial charge on any atom is -0.462 e. The fourth-order valence-electron chi connectivity index (χ4n) is 13.3. The number of esters is 1. The predicted octanol–water partition coefficient (Wildman–Crippen LogP) is 11.3. The SMILES string of the molecule is C.C.C.CCOC(=O)c1c(N2CCN(C(=O)c3cccs3)CC2)c2ccccc2n(CCN(C)C)c1=O.CN(C)CCCn1c(=O)c([N+](=O)[O-])c(N2CCN(C(=O)c3ccc(F)cc3)CC2)c2ccccc21.O=C(c1ccco1)N1CCN(c2c([N+](=O)[O-])c(=O)n(Cc3ccc(F)cc3)c3ccccc23)CC1. The normalized spacial score (nSPS) is 13.6. The molecule has 26 nitrogen and oxygen atoms in total. The van der Waals surface area contributed by atoms with E-state index in [1.54, 1.807) is 86.9 Å². The molecule has 0 radical (unpaired) electrons. The standard InChI is InChI=1S/C25H28FN5O4.C25H21FN4O5.C25H30N4O4S.3CH4/c1-27(2)12-5-13-30-21-7-4-3-6-20(21)22(23(25(30)33)31(34)35)28-14-16-29(17-15-28)24(32)18-8-10-19(26)11-9-18;26-18-9-7-17(8-10-18)16-29-20-5-2-1-4-19(20)22(23(25(29)32)30(33)34)27-11-13-28(14-12-27)24(31)21-6-3-15-35-21;1-4-33-25(32)21-22(27-12-14-28(15-13-27)23(30)20-10-7-17-34-20)18-8-5-6-9-19(18)29(24(21)31)16-11-26(2)3;;;/h3-4,6-11H,5,12-17H2,1-2H3;1-10,15H,11-14,16H2;5-10,17H,4,11-16H2,1-3H3;3*1H4. The number of fused-ring (bicyclic) bond motifs is 3. The molecule has 29 heteroatoms. The largest absolute Gasteiger partial charge is 0.462 e. The van der Waals surface area contributed by atoms with E-state index in [1.807, 2.05) is 107 Å². The van der Waals surface area contributed by atoms with Crippen LogP contribution in [-0.4, -0.2) is 198 Å². The molecule has 8 heterocycles. The topological polar surface area (TPSA) is 269 Å². The van der Waals surface area contributed by atoms with E-state index >= 15 is 0 Å². The Labute approximate surface area is 622 Å². The number of carbonyl (C=O) groups is 4. The molecule has 0 spiro atoms. The monoisotopic (exact) mass is 1490 g/mol. The maximum atomic E-state index is 13.7. The quantitative estimate of drug-likeness (QED) is 0.0413. The molecular weight excluding hydrogens is 1400 g/mol. The smallest absolute Gasteiger partial charge is 0.357 e. The van der Waals surface area contributed by atoms with Crippen molar-refractivity contribution in [2.24, 2.45) is 0 Å². The third kappa shape index (κ3) is 18.1. The maximum Gasteiger partial charge on any atom is 0.357 e. The molecule has 0 N–H and O–H groups in total. The van der Waals surface area contributed by atoms with Gasteiger partial charge in [-0.3, -0.25) is 53.6 Å². The average Bonchev–Trinajstić information content (AvgIpc) is 0.987. The number of pyridine rings is 3. The third-order valence-corrected chi connectivity index (χ3v) is 19.3. The lowest BCUT2D eigenvalue weighted by Gasteiger charge is -2.37. The van der Waals surface area contributed by atoms with Crippen LogP contribution in [0, 0.1) is 31.9 Å². The van der Waals surface area contributed by atoms with Gasteiger partial charge >= 0.3 is 28.5 Å².